The molecular formula is C15H20ClN3. The van der Waals surface area contributed by atoms with Crippen LogP contribution in [0.1, 0.15) is 45.1 Å². The first-order valence-corrected chi connectivity index (χ1v) is 7.50. The number of halogens is 1. The van der Waals surface area contributed by atoms with Gasteiger partial charge in [0.1, 0.15) is 5.52 Å². The lowest BCUT2D eigenvalue weighted by Crippen LogP contribution is -2.19. The third-order valence-electron chi connectivity index (χ3n) is 4.46. The van der Waals surface area contributed by atoms with E-state index in [-0.39, 0.29) is 0 Å². The normalized spacial score (nSPS) is 23.9. The molecule has 0 saturated heterocycles. The van der Waals surface area contributed by atoms with Gasteiger partial charge < -0.3 is 10.3 Å². The number of rotatable bonds is 2. The Balaban J connectivity index is 1.97. The molecule has 1 aromatic heterocycles. The highest BCUT2D eigenvalue weighted by molar-refractivity contribution is 6.35. The van der Waals surface area contributed by atoms with E-state index in [1.165, 1.54) is 32.1 Å². The van der Waals surface area contributed by atoms with E-state index < -0.39 is 0 Å². The molecule has 0 spiro atoms. The van der Waals surface area contributed by atoms with Crippen LogP contribution in [0.2, 0.25) is 5.02 Å². The molecule has 1 fully saturated rings. The van der Waals surface area contributed by atoms with E-state index in [1.54, 1.807) is 0 Å². The summed E-state index contributed by atoms with van der Waals surface area (Å²) in [5.41, 5.74) is 8.02. The number of imidazole rings is 1. The summed E-state index contributed by atoms with van der Waals surface area (Å²) in [5.74, 6) is 1.49. The van der Waals surface area contributed by atoms with E-state index in [4.69, 9.17) is 17.3 Å². The summed E-state index contributed by atoms with van der Waals surface area (Å²) in [6.45, 7) is 2.28. The first-order valence-electron chi connectivity index (χ1n) is 7.12. The van der Waals surface area contributed by atoms with Crippen molar-refractivity contribution in [3.05, 3.63) is 23.2 Å². The van der Waals surface area contributed by atoms with Crippen LogP contribution in [-0.4, -0.2) is 9.55 Å². The van der Waals surface area contributed by atoms with Crippen molar-refractivity contribution in [2.24, 2.45) is 5.92 Å². The second kappa shape index (κ2) is 5.04. The van der Waals surface area contributed by atoms with Crippen LogP contribution in [0.5, 0.6) is 0 Å². The van der Waals surface area contributed by atoms with E-state index >= 15 is 0 Å². The van der Waals surface area contributed by atoms with Crippen LogP contribution in [0.3, 0.4) is 0 Å². The van der Waals surface area contributed by atoms with Gasteiger partial charge in [0.2, 0.25) is 5.95 Å². The summed E-state index contributed by atoms with van der Waals surface area (Å²) in [7, 11) is 0. The molecule has 0 bridgehead atoms. The lowest BCUT2D eigenvalue weighted by atomic mass is 9.84. The van der Waals surface area contributed by atoms with Gasteiger partial charge in [0, 0.05) is 6.04 Å². The number of fused-ring (bicyclic) bond motifs is 1. The highest BCUT2D eigenvalue weighted by Crippen LogP contribution is 2.37. The van der Waals surface area contributed by atoms with Crippen molar-refractivity contribution in [2.45, 2.75) is 45.1 Å². The van der Waals surface area contributed by atoms with Crippen molar-refractivity contribution in [2.75, 3.05) is 5.73 Å². The second-order valence-electron chi connectivity index (χ2n) is 5.53. The fraction of sp³-hybridized carbons (Fsp3) is 0.533. The van der Waals surface area contributed by atoms with E-state index in [1.807, 2.05) is 12.1 Å². The van der Waals surface area contributed by atoms with Gasteiger partial charge in [-0.15, -0.1) is 0 Å². The van der Waals surface area contributed by atoms with Gasteiger partial charge in [-0.3, -0.25) is 0 Å². The SMILES string of the molecule is CCC1CCC(n2c(N)nc3c(Cl)cccc32)CC1. The van der Waals surface area contributed by atoms with Gasteiger partial charge in [0.15, 0.2) is 0 Å². The number of hydrogen-bond donors (Lipinski definition) is 1. The summed E-state index contributed by atoms with van der Waals surface area (Å²) in [5, 5.41) is 0.685. The Morgan fingerprint density at radius 2 is 2.05 bits per heavy atom. The number of nitrogen functional groups attached to an aromatic ring is 1. The minimum Gasteiger partial charge on any atom is -0.369 e. The number of nitrogens with zero attached hydrogens (tertiary/aromatic N) is 2. The van der Waals surface area contributed by atoms with Crippen LogP contribution in [0.25, 0.3) is 11.0 Å². The number of para-hydroxylation sites is 1. The van der Waals surface area contributed by atoms with Crippen molar-refractivity contribution in [3.63, 3.8) is 0 Å². The largest absolute Gasteiger partial charge is 0.369 e. The molecule has 1 aromatic carbocycles. The number of aromatic nitrogens is 2. The zero-order valence-electron chi connectivity index (χ0n) is 11.3. The van der Waals surface area contributed by atoms with Crippen LogP contribution < -0.4 is 5.73 Å². The van der Waals surface area contributed by atoms with Gasteiger partial charge in [-0.2, -0.15) is 0 Å². The summed E-state index contributed by atoms with van der Waals surface area (Å²) < 4.78 is 2.19. The summed E-state index contributed by atoms with van der Waals surface area (Å²) in [4.78, 5) is 4.44. The van der Waals surface area contributed by atoms with Gasteiger partial charge in [0.05, 0.1) is 10.5 Å². The lowest BCUT2D eigenvalue weighted by Gasteiger charge is -2.29. The second-order valence-corrected chi connectivity index (χ2v) is 5.94. The molecule has 1 aliphatic carbocycles. The van der Waals surface area contributed by atoms with Crippen molar-refractivity contribution in [1.82, 2.24) is 9.55 Å². The van der Waals surface area contributed by atoms with Gasteiger partial charge in [0.25, 0.3) is 0 Å². The standard InChI is InChI=1S/C15H20ClN3/c1-2-10-6-8-11(9-7-10)19-13-5-3-4-12(16)14(13)18-15(19)17/h3-5,10-11H,2,6-9H2,1H3,(H2,17,18). The van der Waals surface area contributed by atoms with Crippen LogP contribution in [0, 0.1) is 5.92 Å². The Bertz CT molecular complexity index is 582. The number of benzene rings is 1. The van der Waals surface area contributed by atoms with E-state index in [2.05, 4.69) is 22.5 Å². The van der Waals surface area contributed by atoms with Crippen LogP contribution in [-0.2, 0) is 0 Å². The van der Waals surface area contributed by atoms with Gasteiger partial charge in [-0.25, -0.2) is 4.98 Å². The summed E-state index contributed by atoms with van der Waals surface area (Å²) in [6, 6.07) is 6.39. The van der Waals surface area contributed by atoms with Crippen LogP contribution in [0.4, 0.5) is 5.95 Å². The molecule has 2 aromatic rings. The van der Waals surface area contributed by atoms with Crippen molar-refractivity contribution in [3.8, 4) is 0 Å². The molecule has 3 rings (SSSR count). The van der Waals surface area contributed by atoms with Gasteiger partial charge in [-0.1, -0.05) is 31.0 Å². The average molecular weight is 278 g/mol. The first-order chi connectivity index (χ1) is 9.20. The molecule has 0 atom stereocenters. The third kappa shape index (κ3) is 2.20. The fourth-order valence-electron chi connectivity index (χ4n) is 3.30. The molecular weight excluding hydrogens is 258 g/mol. The average Bonchev–Trinajstić information content (AvgIpc) is 2.77. The van der Waals surface area contributed by atoms with Gasteiger partial charge in [-0.05, 0) is 43.7 Å². The predicted molar refractivity (Wildman–Crippen MR) is 80.4 cm³/mol. The number of anilines is 1. The maximum Gasteiger partial charge on any atom is 0.201 e. The van der Waals surface area contributed by atoms with E-state index in [9.17, 15) is 0 Å². The predicted octanol–water partition coefficient (Wildman–Crippen LogP) is 4.41. The maximum absolute atomic E-state index is 6.20. The molecule has 0 unspecified atom stereocenters. The molecule has 0 aliphatic heterocycles. The maximum atomic E-state index is 6.20. The molecule has 1 saturated carbocycles. The Labute approximate surface area is 118 Å². The number of nitrogens with two attached hydrogens (primary N) is 1. The Morgan fingerprint density at radius 3 is 2.74 bits per heavy atom. The smallest absolute Gasteiger partial charge is 0.201 e. The highest BCUT2D eigenvalue weighted by Gasteiger charge is 2.24. The quantitative estimate of drug-likeness (QED) is 0.883. The van der Waals surface area contributed by atoms with E-state index in [0.717, 1.165) is 17.0 Å². The Kier molecular flexibility index (Phi) is 3.40. The zero-order chi connectivity index (χ0) is 13.4. The monoisotopic (exact) mass is 277 g/mol. The molecule has 0 amide bonds. The molecule has 0 radical (unpaired) electrons. The fourth-order valence-corrected chi connectivity index (χ4v) is 3.51. The number of hydrogen-bond acceptors (Lipinski definition) is 2. The Hall–Kier alpha value is -1.22. The van der Waals surface area contributed by atoms with Crippen molar-refractivity contribution in [1.29, 1.82) is 0 Å². The van der Waals surface area contributed by atoms with Crippen LogP contribution in [0.15, 0.2) is 18.2 Å². The molecule has 2 N–H and O–H groups in total. The molecule has 19 heavy (non-hydrogen) atoms. The summed E-state index contributed by atoms with van der Waals surface area (Å²) in [6.07, 6.45) is 6.27. The molecule has 4 heteroatoms. The van der Waals surface area contributed by atoms with Crippen LogP contribution >= 0.6 is 11.6 Å². The third-order valence-corrected chi connectivity index (χ3v) is 4.76. The minimum absolute atomic E-state index is 0.478. The van der Waals surface area contributed by atoms with E-state index in [0.29, 0.717) is 17.0 Å². The van der Waals surface area contributed by atoms with Crippen molar-refractivity contribution < 1.29 is 0 Å². The topological polar surface area (TPSA) is 43.8 Å². The first kappa shape index (κ1) is 12.8. The highest BCUT2D eigenvalue weighted by atomic mass is 35.5. The molecule has 1 heterocycles. The molecule has 1 aliphatic rings. The molecule has 3 nitrogen and oxygen atoms in total. The zero-order valence-corrected chi connectivity index (χ0v) is 12.0. The Morgan fingerprint density at radius 1 is 1.32 bits per heavy atom. The molecule has 102 valence electrons. The lowest BCUT2D eigenvalue weighted by molar-refractivity contribution is 0.275. The minimum atomic E-state index is 0.478. The van der Waals surface area contributed by atoms with Gasteiger partial charge >= 0.3 is 0 Å². The van der Waals surface area contributed by atoms with Crippen molar-refractivity contribution >= 4 is 28.6 Å². The summed E-state index contributed by atoms with van der Waals surface area (Å²) >= 11 is 6.20.